The van der Waals surface area contributed by atoms with Crippen LogP contribution < -0.4 is 5.32 Å². The zero-order valence-electron chi connectivity index (χ0n) is 13.9. The van der Waals surface area contributed by atoms with E-state index in [0.717, 1.165) is 24.7 Å². The predicted molar refractivity (Wildman–Crippen MR) is 98.3 cm³/mol. The summed E-state index contributed by atoms with van der Waals surface area (Å²) < 4.78 is 0. The normalized spacial score (nSPS) is 21.1. The maximum absolute atomic E-state index is 4.56. The zero-order chi connectivity index (χ0) is 15.6. The number of fused-ring (bicyclic) bond motifs is 3. The van der Waals surface area contributed by atoms with Gasteiger partial charge in [0, 0.05) is 11.4 Å². The van der Waals surface area contributed by atoms with E-state index in [2.05, 4.69) is 28.3 Å². The lowest BCUT2D eigenvalue weighted by molar-refractivity contribution is 0.508. The van der Waals surface area contributed by atoms with Gasteiger partial charge >= 0.3 is 0 Å². The highest BCUT2D eigenvalue weighted by atomic mass is 32.1. The SMILES string of the molecule is CC1CCc2sc3ncnc(NCCC4=CCCCC4)c3c2C1. The molecule has 4 heteroatoms. The Morgan fingerprint density at radius 2 is 2.22 bits per heavy atom. The Bertz CT molecular complexity index is 732. The van der Waals surface area contributed by atoms with Gasteiger partial charge in [0.15, 0.2) is 0 Å². The number of nitrogens with zero attached hydrogens (tertiary/aromatic N) is 2. The van der Waals surface area contributed by atoms with E-state index in [-0.39, 0.29) is 0 Å². The fourth-order valence-electron chi connectivity index (χ4n) is 3.89. The highest BCUT2D eigenvalue weighted by Gasteiger charge is 2.23. The molecule has 2 aliphatic carbocycles. The maximum Gasteiger partial charge on any atom is 0.138 e. The average Bonchev–Trinajstić information content (AvgIpc) is 2.94. The summed E-state index contributed by atoms with van der Waals surface area (Å²) in [5.74, 6) is 1.83. The van der Waals surface area contributed by atoms with Crippen LogP contribution in [-0.4, -0.2) is 16.5 Å². The lowest BCUT2D eigenvalue weighted by atomic mass is 9.88. The van der Waals surface area contributed by atoms with Crippen molar-refractivity contribution in [3.63, 3.8) is 0 Å². The first-order valence-corrected chi connectivity index (χ1v) is 9.80. The molecule has 0 aliphatic heterocycles. The van der Waals surface area contributed by atoms with E-state index in [1.165, 1.54) is 65.6 Å². The van der Waals surface area contributed by atoms with Crippen LogP contribution in [0.3, 0.4) is 0 Å². The van der Waals surface area contributed by atoms with Gasteiger partial charge < -0.3 is 5.32 Å². The third kappa shape index (κ3) is 3.14. The van der Waals surface area contributed by atoms with E-state index in [9.17, 15) is 0 Å². The van der Waals surface area contributed by atoms with E-state index < -0.39 is 0 Å². The Hall–Kier alpha value is -1.42. The Labute approximate surface area is 142 Å². The van der Waals surface area contributed by atoms with Gasteiger partial charge in [-0.3, -0.25) is 0 Å². The third-order valence-electron chi connectivity index (χ3n) is 5.21. The molecule has 0 aromatic carbocycles. The van der Waals surface area contributed by atoms with Crippen molar-refractivity contribution in [3.8, 4) is 0 Å². The summed E-state index contributed by atoms with van der Waals surface area (Å²) in [5, 5.41) is 4.90. The minimum absolute atomic E-state index is 0.778. The van der Waals surface area contributed by atoms with Gasteiger partial charge in [-0.2, -0.15) is 0 Å². The highest BCUT2D eigenvalue weighted by Crippen LogP contribution is 2.39. The van der Waals surface area contributed by atoms with Crippen LogP contribution in [0.2, 0.25) is 0 Å². The number of thiophene rings is 1. The van der Waals surface area contributed by atoms with Crippen molar-refractivity contribution in [1.82, 2.24) is 9.97 Å². The van der Waals surface area contributed by atoms with Crippen molar-refractivity contribution in [1.29, 1.82) is 0 Å². The molecule has 0 saturated carbocycles. The topological polar surface area (TPSA) is 37.8 Å². The van der Waals surface area contributed by atoms with Gasteiger partial charge in [0.2, 0.25) is 0 Å². The van der Waals surface area contributed by atoms with Crippen LogP contribution in [0.4, 0.5) is 5.82 Å². The second-order valence-corrected chi connectivity index (χ2v) is 8.12. The molecule has 0 spiro atoms. The monoisotopic (exact) mass is 327 g/mol. The van der Waals surface area contributed by atoms with Gasteiger partial charge in [-0.1, -0.05) is 18.6 Å². The molecule has 2 heterocycles. The van der Waals surface area contributed by atoms with Crippen molar-refractivity contribution in [2.24, 2.45) is 5.92 Å². The Morgan fingerprint density at radius 1 is 1.26 bits per heavy atom. The van der Waals surface area contributed by atoms with Gasteiger partial charge in [0.05, 0.1) is 5.39 Å². The van der Waals surface area contributed by atoms with Gasteiger partial charge in [-0.05, 0) is 62.8 Å². The second-order valence-electron chi connectivity index (χ2n) is 7.04. The quantitative estimate of drug-likeness (QED) is 0.792. The lowest BCUT2D eigenvalue weighted by Gasteiger charge is -2.18. The molecule has 0 radical (unpaired) electrons. The smallest absolute Gasteiger partial charge is 0.138 e. The molecule has 1 atom stereocenters. The Balaban J connectivity index is 1.55. The minimum Gasteiger partial charge on any atom is -0.369 e. The summed E-state index contributed by atoms with van der Waals surface area (Å²) in [6.45, 7) is 3.34. The summed E-state index contributed by atoms with van der Waals surface area (Å²) in [6, 6.07) is 0. The fraction of sp³-hybridized carbons (Fsp3) is 0.579. The Morgan fingerprint density at radius 3 is 3.09 bits per heavy atom. The second kappa shape index (κ2) is 6.60. The van der Waals surface area contributed by atoms with Crippen molar-refractivity contribution in [3.05, 3.63) is 28.4 Å². The summed E-state index contributed by atoms with van der Waals surface area (Å²) >= 11 is 1.87. The van der Waals surface area contributed by atoms with Crippen LogP contribution in [0, 0.1) is 5.92 Å². The molecular weight excluding hydrogens is 302 g/mol. The molecule has 1 unspecified atom stereocenters. The first kappa shape index (κ1) is 15.1. The number of hydrogen-bond acceptors (Lipinski definition) is 4. The van der Waals surface area contributed by atoms with Gasteiger partial charge in [0.25, 0.3) is 0 Å². The molecule has 2 aliphatic rings. The number of allylic oxidation sites excluding steroid dienone is 1. The summed E-state index contributed by atoms with van der Waals surface area (Å²) in [7, 11) is 0. The largest absolute Gasteiger partial charge is 0.369 e. The van der Waals surface area contributed by atoms with E-state index in [0.29, 0.717) is 0 Å². The van der Waals surface area contributed by atoms with Gasteiger partial charge in [-0.25, -0.2) is 9.97 Å². The first-order chi connectivity index (χ1) is 11.3. The molecule has 2 aromatic heterocycles. The summed E-state index contributed by atoms with van der Waals surface area (Å²) in [4.78, 5) is 11.8. The molecule has 0 bridgehead atoms. The van der Waals surface area contributed by atoms with Crippen LogP contribution in [0.15, 0.2) is 18.0 Å². The number of aromatic nitrogens is 2. The van der Waals surface area contributed by atoms with Crippen molar-refractivity contribution in [2.75, 3.05) is 11.9 Å². The predicted octanol–water partition coefficient (Wildman–Crippen LogP) is 5.12. The van der Waals surface area contributed by atoms with Crippen LogP contribution in [0.1, 0.15) is 55.9 Å². The highest BCUT2D eigenvalue weighted by molar-refractivity contribution is 7.19. The molecule has 122 valence electrons. The third-order valence-corrected chi connectivity index (χ3v) is 6.41. The zero-order valence-corrected chi connectivity index (χ0v) is 14.7. The molecule has 3 nitrogen and oxygen atoms in total. The molecule has 0 saturated heterocycles. The van der Waals surface area contributed by atoms with E-state index >= 15 is 0 Å². The standard InChI is InChI=1S/C19H25N3S/c1-13-7-8-16-15(11-13)17-18(21-12-22-19(17)23-16)20-10-9-14-5-3-2-4-6-14/h5,12-13H,2-4,6-11H2,1H3,(H,20,21,22). The van der Waals surface area contributed by atoms with Crippen LogP contribution in [0.25, 0.3) is 10.2 Å². The van der Waals surface area contributed by atoms with Crippen LogP contribution >= 0.6 is 11.3 Å². The fourth-order valence-corrected chi connectivity index (χ4v) is 5.07. The van der Waals surface area contributed by atoms with Crippen LogP contribution in [-0.2, 0) is 12.8 Å². The first-order valence-electron chi connectivity index (χ1n) is 8.98. The summed E-state index contributed by atoms with van der Waals surface area (Å²) in [5.41, 5.74) is 3.14. The molecule has 23 heavy (non-hydrogen) atoms. The number of aryl methyl sites for hydroxylation is 1. The lowest BCUT2D eigenvalue weighted by Crippen LogP contribution is -2.10. The maximum atomic E-state index is 4.56. The number of anilines is 1. The number of hydrogen-bond donors (Lipinski definition) is 1. The van der Waals surface area contributed by atoms with Gasteiger partial charge in [0.1, 0.15) is 17.0 Å². The summed E-state index contributed by atoms with van der Waals surface area (Å²) in [6.07, 6.45) is 14.3. The minimum atomic E-state index is 0.778. The van der Waals surface area contributed by atoms with Crippen molar-refractivity contribution < 1.29 is 0 Å². The molecule has 4 rings (SSSR count). The van der Waals surface area contributed by atoms with Crippen LogP contribution in [0.5, 0.6) is 0 Å². The average molecular weight is 327 g/mol. The van der Waals surface area contributed by atoms with Crippen molar-refractivity contribution in [2.45, 2.75) is 58.3 Å². The molecular formula is C19H25N3S. The van der Waals surface area contributed by atoms with Crippen molar-refractivity contribution >= 4 is 27.4 Å². The molecule has 1 N–H and O–H groups in total. The van der Waals surface area contributed by atoms with E-state index in [1.807, 2.05) is 11.3 Å². The van der Waals surface area contributed by atoms with Gasteiger partial charge in [-0.15, -0.1) is 11.3 Å². The van der Waals surface area contributed by atoms with E-state index in [4.69, 9.17) is 0 Å². The number of nitrogens with one attached hydrogen (secondary N) is 1. The Kier molecular flexibility index (Phi) is 4.34. The number of rotatable bonds is 4. The molecule has 0 amide bonds. The molecule has 2 aromatic rings. The van der Waals surface area contributed by atoms with E-state index in [1.54, 1.807) is 11.9 Å². The molecule has 0 fully saturated rings.